The van der Waals surface area contributed by atoms with Crippen LogP contribution in [0.15, 0.2) is 89.2 Å². The lowest BCUT2D eigenvalue weighted by Gasteiger charge is -2.00. The predicted molar refractivity (Wildman–Crippen MR) is 98.2 cm³/mol. The largest absolute Gasteiger partial charge is 0.478 e. The first-order chi connectivity index (χ1) is 12.7. The third-order valence-electron chi connectivity index (χ3n) is 3.91. The van der Waals surface area contributed by atoms with Crippen LogP contribution in [0, 0.1) is 0 Å². The summed E-state index contributed by atoms with van der Waals surface area (Å²) in [6.45, 7) is 0. The van der Waals surface area contributed by atoms with Gasteiger partial charge in [0.05, 0.1) is 11.3 Å². The third-order valence-corrected chi connectivity index (χ3v) is 3.91. The number of benzene rings is 2. The Labute approximate surface area is 149 Å². The SMILES string of the molecule is O=C(O)c1cccc(N=Nc2c(-c3ccccc3)nc3ccccn23)c1. The average Bonchev–Trinajstić information content (AvgIpc) is 3.06. The van der Waals surface area contributed by atoms with Gasteiger partial charge in [-0.2, -0.15) is 0 Å². The standard InChI is InChI=1S/C20H14N4O2/c25-20(26)15-9-6-10-16(13-15)22-23-19-18(14-7-2-1-3-8-14)21-17-11-4-5-12-24(17)19/h1-13H,(H,25,26). The van der Waals surface area contributed by atoms with E-state index in [9.17, 15) is 4.79 Å². The molecule has 0 amide bonds. The Balaban J connectivity index is 1.83. The van der Waals surface area contributed by atoms with E-state index in [0.29, 0.717) is 11.5 Å². The molecule has 2 aromatic heterocycles. The Morgan fingerprint density at radius 3 is 2.54 bits per heavy atom. The molecular formula is C20H14N4O2. The lowest BCUT2D eigenvalue weighted by molar-refractivity contribution is 0.0697. The molecule has 0 saturated carbocycles. The summed E-state index contributed by atoms with van der Waals surface area (Å²) >= 11 is 0. The summed E-state index contributed by atoms with van der Waals surface area (Å²) in [5.41, 5.74) is 3.05. The maximum atomic E-state index is 11.1. The predicted octanol–water partition coefficient (Wildman–Crippen LogP) is 5.11. The fourth-order valence-electron chi connectivity index (χ4n) is 2.67. The van der Waals surface area contributed by atoms with Crippen LogP contribution in [0.3, 0.4) is 0 Å². The molecule has 4 aromatic rings. The van der Waals surface area contributed by atoms with E-state index in [1.54, 1.807) is 12.1 Å². The van der Waals surface area contributed by atoms with Gasteiger partial charge in [0, 0.05) is 11.8 Å². The topological polar surface area (TPSA) is 79.3 Å². The van der Waals surface area contributed by atoms with Crippen molar-refractivity contribution in [3.05, 3.63) is 84.6 Å². The number of hydrogen-bond acceptors (Lipinski definition) is 4. The van der Waals surface area contributed by atoms with Gasteiger partial charge in [-0.3, -0.25) is 4.40 Å². The Kier molecular flexibility index (Phi) is 3.99. The van der Waals surface area contributed by atoms with Crippen molar-refractivity contribution in [2.24, 2.45) is 10.2 Å². The van der Waals surface area contributed by atoms with Crippen LogP contribution < -0.4 is 0 Å². The minimum atomic E-state index is -0.998. The van der Waals surface area contributed by atoms with Gasteiger partial charge < -0.3 is 5.11 Å². The molecule has 2 aromatic carbocycles. The Morgan fingerprint density at radius 2 is 1.73 bits per heavy atom. The number of pyridine rings is 1. The molecule has 0 saturated heterocycles. The number of azo groups is 1. The molecule has 0 aliphatic rings. The molecule has 26 heavy (non-hydrogen) atoms. The van der Waals surface area contributed by atoms with Crippen LogP contribution in [0.1, 0.15) is 10.4 Å². The molecular weight excluding hydrogens is 328 g/mol. The number of nitrogens with zero attached hydrogens (tertiary/aromatic N) is 4. The second-order valence-corrected chi connectivity index (χ2v) is 5.63. The highest BCUT2D eigenvalue weighted by molar-refractivity contribution is 5.88. The summed E-state index contributed by atoms with van der Waals surface area (Å²) in [4.78, 5) is 15.8. The number of carboxylic acids is 1. The fraction of sp³-hybridized carbons (Fsp3) is 0. The number of aromatic nitrogens is 2. The van der Waals surface area contributed by atoms with Gasteiger partial charge in [-0.15, -0.1) is 10.2 Å². The van der Waals surface area contributed by atoms with Crippen molar-refractivity contribution in [1.29, 1.82) is 0 Å². The molecule has 0 unspecified atom stereocenters. The zero-order valence-electron chi connectivity index (χ0n) is 13.6. The van der Waals surface area contributed by atoms with Gasteiger partial charge in [-0.1, -0.05) is 42.5 Å². The first kappa shape index (κ1) is 15.7. The summed E-state index contributed by atoms with van der Waals surface area (Å²) in [6, 6.07) is 21.8. The van der Waals surface area contributed by atoms with Crippen LogP contribution in [0.5, 0.6) is 0 Å². The molecule has 0 bridgehead atoms. The quantitative estimate of drug-likeness (QED) is 0.523. The smallest absolute Gasteiger partial charge is 0.335 e. The van der Waals surface area contributed by atoms with Crippen molar-refractivity contribution < 1.29 is 9.90 Å². The van der Waals surface area contributed by atoms with Crippen LogP contribution >= 0.6 is 0 Å². The number of hydrogen-bond donors (Lipinski definition) is 1. The molecule has 0 fully saturated rings. The van der Waals surface area contributed by atoms with E-state index in [4.69, 9.17) is 5.11 Å². The van der Waals surface area contributed by atoms with E-state index < -0.39 is 5.97 Å². The first-order valence-electron chi connectivity index (χ1n) is 8.00. The maximum absolute atomic E-state index is 11.1. The van der Waals surface area contributed by atoms with Gasteiger partial charge in [0.2, 0.25) is 0 Å². The van der Waals surface area contributed by atoms with Gasteiger partial charge in [-0.25, -0.2) is 9.78 Å². The molecule has 6 nitrogen and oxygen atoms in total. The summed E-state index contributed by atoms with van der Waals surface area (Å²) in [6.07, 6.45) is 1.87. The molecule has 4 rings (SSSR count). The number of imidazole rings is 1. The monoisotopic (exact) mass is 342 g/mol. The Bertz CT molecular complexity index is 1120. The highest BCUT2D eigenvalue weighted by atomic mass is 16.4. The van der Waals surface area contributed by atoms with Gasteiger partial charge >= 0.3 is 5.97 Å². The minimum Gasteiger partial charge on any atom is -0.478 e. The van der Waals surface area contributed by atoms with Gasteiger partial charge in [-0.05, 0) is 30.3 Å². The van der Waals surface area contributed by atoms with Crippen molar-refractivity contribution in [1.82, 2.24) is 9.38 Å². The number of carbonyl (C=O) groups is 1. The molecule has 1 N–H and O–H groups in total. The van der Waals surface area contributed by atoms with Gasteiger partial charge in [0.25, 0.3) is 0 Å². The van der Waals surface area contributed by atoms with Crippen molar-refractivity contribution in [2.75, 3.05) is 0 Å². The lowest BCUT2D eigenvalue weighted by Crippen LogP contribution is -1.94. The van der Waals surface area contributed by atoms with Crippen LogP contribution in [-0.4, -0.2) is 20.5 Å². The maximum Gasteiger partial charge on any atom is 0.335 e. The summed E-state index contributed by atoms with van der Waals surface area (Å²) < 4.78 is 1.85. The van der Waals surface area contributed by atoms with Crippen molar-refractivity contribution in [2.45, 2.75) is 0 Å². The summed E-state index contributed by atoms with van der Waals surface area (Å²) in [5, 5.41) is 17.7. The molecule has 6 heteroatoms. The second kappa shape index (κ2) is 6.60. The fourth-order valence-corrected chi connectivity index (χ4v) is 2.67. The second-order valence-electron chi connectivity index (χ2n) is 5.63. The van der Waals surface area contributed by atoms with E-state index in [0.717, 1.165) is 16.9 Å². The first-order valence-corrected chi connectivity index (χ1v) is 8.00. The van der Waals surface area contributed by atoms with E-state index in [1.165, 1.54) is 12.1 Å². The van der Waals surface area contributed by atoms with Crippen LogP contribution in [0.2, 0.25) is 0 Å². The molecule has 2 heterocycles. The van der Waals surface area contributed by atoms with Crippen LogP contribution in [0.4, 0.5) is 11.5 Å². The third kappa shape index (κ3) is 2.95. The number of aromatic carboxylic acids is 1. The minimum absolute atomic E-state index is 0.169. The van der Waals surface area contributed by atoms with Gasteiger partial charge in [0.15, 0.2) is 5.82 Å². The van der Waals surface area contributed by atoms with Crippen molar-refractivity contribution >= 4 is 23.1 Å². The number of carboxylic acid groups (broad SMARTS) is 1. The van der Waals surface area contributed by atoms with E-state index >= 15 is 0 Å². The molecule has 0 radical (unpaired) electrons. The highest BCUT2D eigenvalue weighted by Crippen LogP contribution is 2.32. The Hall–Kier alpha value is -3.80. The average molecular weight is 342 g/mol. The molecule has 0 aliphatic carbocycles. The van der Waals surface area contributed by atoms with Crippen LogP contribution in [0.25, 0.3) is 16.9 Å². The Morgan fingerprint density at radius 1 is 0.923 bits per heavy atom. The van der Waals surface area contributed by atoms with E-state index in [1.807, 2.05) is 59.1 Å². The van der Waals surface area contributed by atoms with E-state index in [2.05, 4.69) is 15.2 Å². The summed E-state index contributed by atoms with van der Waals surface area (Å²) in [5.74, 6) is -0.408. The van der Waals surface area contributed by atoms with E-state index in [-0.39, 0.29) is 5.56 Å². The molecule has 0 atom stereocenters. The molecule has 0 spiro atoms. The molecule has 0 aliphatic heterocycles. The number of fused-ring (bicyclic) bond motifs is 1. The van der Waals surface area contributed by atoms with Crippen molar-refractivity contribution in [3.63, 3.8) is 0 Å². The van der Waals surface area contributed by atoms with Gasteiger partial charge in [0.1, 0.15) is 11.3 Å². The highest BCUT2D eigenvalue weighted by Gasteiger charge is 2.13. The number of rotatable bonds is 4. The van der Waals surface area contributed by atoms with Crippen molar-refractivity contribution in [3.8, 4) is 11.3 Å². The summed E-state index contributed by atoms with van der Waals surface area (Å²) in [7, 11) is 0. The van der Waals surface area contributed by atoms with Crippen LogP contribution in [-0.2, 0) is 0 Å². The zero-order chi connectivity index (χ0) is 17.9. The lowest BCUT2D eigenvalue weighted by atomic mass is 10.1. The molecule has 126 valence electrons. The zero-order valence-corrected chi connectivity index (χ0v) is 13.6. The normalized spacial score (nSPS) is 11.2.